The number of nitrogens with zero attached hydrogens (tertiary/aromatic N) is 3. The lowest BCUT2D eigenvalue weighted by molar-refractivity contribution is 0.0928. The van der Waals surface area contributed by atoms with Crippen molar-refractivity contribution in [1.82, 2.24) is 20.3 Å². The summed E-state index contributed by atoms with van der Waals surface area (Å²) < 4.78 is 1.60. The molecule has 1 aliphatic rings. The average Bonchev–Trinajstić information content (AvgIpc) is 2.67. The highest BCUT2D eigenvalue weighted by Crippen LogP contribution is 2.17. The minimum atomic E-state index is -0.120. The second-order valence-electron chi connectivity index (χ2n) is 4.82. The molecule has 18 heavy (non-hydrogen) atoms. The summed E-state index contributed by atoms with van der Waals surface area (Å²) in [5, 5.41) is 10.8. The lowest BCUT2D eigenvalue weighted by Gasteiger charge is -2.14. The van der Waals surface area contributed by atoms with Crippen LogP contribution in [0.5, 0.6) is 0 Å². The zero-order valence-electron chi connectivity index (χ0n) is 10.6. The first-order valence-electron chi connectivity index (χ1n) is 6.70. The Kier molecular flexibility index (Phi) is 4.69. The van der Waals surface area contributed by atoms with Crippen LogP contribution in [-0.2, 0) is 6.54 Å². The molecule has 0 spiro atoms. The van der Waals surface area contributed by atoms with Crippen molar-refractivity contribution in [2.24, 2.45) is 5.73 Å². The molecule has 0 unspecified atom stereocenters. The highest BCUT2D eigenvalue weighted by atomic mass is 16.2. The van der Waals surface area contributed by atoms with E-state index in [2.05, 4.69) is 15.6 Å². The molecule has 1 aromatic rings. The van der Waals surface area contributed by atoms with Gasteiger partial charge >= 0.3 is 0 Å². The highest BCUT2D eigenvalue weighted by molar-refractivity contribution is 5.92. The van der Waals surface area contributed by atoms with Gasteiger partial charge in [-0.2, -0.15) is 0 Å². The average molecular weight is 251 g/mol. The number of carbonyl (C=O) groups is 1. The van der Waals surface area contributed by atoms with Crippen LogP contribution in [-0.4, -0.2) is 33.5 Å². The van der Waals surface area contributed by atoms with Gasteiger partial charge in [0.15, 0.2) is 5.69 Å². The van der Waals surface area contributed by atoms with E-state index in [9.17, 15) is 4.79 Å². The molecule has 2 rings (SSSR count). The first-order chi connectivity index (χ1) is 8.79. The van der Waals surface area contributed by atoms with Gasteiger partial charge in [-0.15, -0.1) is 5.10 Å². The number of amides is 1. The normalized spacial score (nSPS) is 17.4. The molecule has 3 N–H and O–H groups in total. The van der Waals surface area contributed by atoms with E-state index in [1.165, 1.54) is 25.7 Å². The van der Waals surface area contributed by atoms with Crippen LogP contribution < -0.4 is 11.1 Å². The molecule has 0 bridgehead atoms. The molecule has 1 aromatic heterocycles. The third-order valence-corrected chi connectivity index (χ3v) is 3.32. The quantitative estimate of drug-likeness (QED) is 0.771. The van der Waals surface area contributed by atoms with Crippen molar-refractivity contribution in [3.8, 4) is 0 Å². The van der Waals surface area contributed by atoms with Crippen LogP contribution >= 0.6 is 0 Å². The van der Waals surface area contributed by atoms with Gasteiger partial charge < -0.3 is 11.1 Å². The van der Waals surface area contributed by atoms with Gasteiger partial charge in [-0.3, -0.25) is 9.48 Å². The highest BCUT2D eigenvalue weighted by Gasteiger charge is 2.17. The monoisotopic (exact) mass is 251 g/mol. The number of nitrogens with two attached hydrogens (primary N) is 1. The molecule has 0 aliphatic heterocycles. The minimum absolute atomic E-state index is 0.120. The maximum absolute atomic E-state index is 12.0. The Hall–Kier alpha value is -1.43. The molecule has 0 aromatic carbocycles. The first-order valence-corrected chi connectivity index (χ1v) is 6.70. The van der Waals surface area contributed by atoms with E-state index in [0.717, 1.165) is 12.8 Å². The van der Waals surface area contributed by atoms with E-state index in [0.29, 0.717) is 24.8 Å². The SMILES string of the molecule is NCCn1cc(C(=O)NC2CCCCCC2)nn1. The van der Waals surface area contributed by atoms with Crippen molar-refractivity contribution in [3.05, 3.63) is 11.9 Å². The molecule has 1 saturated carbocycles. The van der Waals surface area contributed by atoms with Crippen molar-refractivity contribution >= 4 is 5.91 Å². The lowest BCUT2D eigenvalue weighted by Crippen LogP contribution is -2.34. The van der Waals surface area contributed by atoms with Crippen LogP contribution in [0.1, 0.15) is 49.0 Å². The van der Waals surface area contributed by atoms with E-state index in [1.54, 1.807) is 10.9 Å². The van der Waals surface area contributed by atoms with Gasteiger partial charge in [0.25, 0.3) is 5.91 Å². The van der Waals surface area contributed by atoms with Crippen molar-refractivity contribution in [2.45, 2.75) is 51.1 Å². The summed E-state index contributed by atoms with van der Waals surface area (Å²) in [7, 11) is 0. The molecule has 6 heteroatoms. The topological polar surface area (TPSA) is 85.8 Å². The van der Waals surface area contributed by atoms with Gasteiger partial charge in [0.2, 0.25) is 0 Å². The van der Waals surface area contributed by atoms with Gasteiger partial charge in [0, 0.05) is 12.6 Å². The first kappa shape index (κ1) is 13.0. The maximum atomic E-state index is 12.0. The summed E-state index contributed by atoms with van der Waals surface area (Å²) in [4.78, 5) is 12.0. The van der Waals surface area contributed by atoms with Crippen molar-refractivity contribution in [2.75, 3.05) is 6.54 Å². The van der Waals surface area contributed by atoms with E-state index in [1.807, 2.05) is 0 Å². The van der Waals surface area contributed by atoms with Crippen LogP contribution in [0, 0.1) is 0 Å². The summed E-state index contributed by atoms with van der Waals surface area (Å²) in [6.45, 7) is 1.08. The van der Waals surface area contributed by atoms with E-state index in [-0.39, 0.29) is 5.91 Å². The predicted molar refractivity (Wildman–Crippen MR) is 68.0 cm³/mol. The van der Waals surface area contributed by atoms with Crippen LogP contribution in [0.2, 0.25) is 0 Å². The molecule has 1 fully saturated rings. The number of carbonyl (C=O) groups excluding carboxylic acids is 1. The molecule has 6 nitrogen and oxygen atoms in total. The van der Waals surface area contributed by atoms with E-state index in [4.69, 9.17) is 5.73 Å². The zero-order valence-corrected chi connectivity index (χ0v) is 10.6. The fraction of sp³-hybridized carbons (Fsp3) is 0.750. The largest absolute Gasteiger partial charge is 0.348 e. The second kappa shape index (κ2) is 6.49. The number of nitrogens with one attached hydrogen (secondary N) is 1. The molecule has 0 atom stereocenters. The molecular weight excluding hydrogens is 230 g/mol. The minimum Gasteiger partial charge on any atom is -0.348 e. The predicted octanol–water partition coefficient (Wildman–Crippen LogP) is 0.689. The number of hydrogen-bond acceptors (Lipinski definition) is 4. The molecule has 1 amide bonds. The number of hydrogen-bond donors (Lipinski definition) is 2. The summed E-state index contributed by atoms with van der Waals surface area (Å²) >= 11 is 0. The molecule has 1 heterocycles. The Morgan fingerprint density at radius 3 is 2.78 bits per heavy atom. The van der Waals surface area contributed by atoms with Crippen LogP contribution in [0.3, 0.4) is 0 Å². The third-order valence-electron chi connectivity index (χ3n) is 3.32. The van der Waals surface area contributed by atoms with Crippen molar-refractivity contribution in [1.29, 1.82) is 0 Å². The maximum Gasteiger partial charge on any atom is 0.273 e. The standard InChI is InChI=1S/C12H21N5O/c13-7-8-17-9-11(15-16-17)12(18)14-10-5-3-1-2-4-6-10/h9-10H,1-8,13H2,(H,14,18). The number of aromatic nitrogens is 3. The van der Waals surface area contributed by atoms with Crippen LogP contribution in [0.4, 0.5) is 0 Å². The van der Waals surface area contributed by atoms with Crippen molar-refractivity contribution < 1.29 is 4.79 Å². The molecular formula is C12H21N5O. The van der Waals surface area contributed by atoms with E-state index < -0.39 is 0 Å². The van der Waals surface area contributed by atoms with Gasteiger partial charge in [0.05, 0.1) is 12.7 Å². The third kappa shape index (κ3) is 3.53. The smallest absolute Gasteiger partial charge is 0.273 e. The van der Waals surface area contributed by atoms with Gasteiger partial charge in [-0.1, -0.05) is 30.9 Å². The summed E-state index contributed by atoms with van der Waals surface area (Å²) in [6.07, 6.45) is 8.75. The Morgan fingerprint density at radius 2 is 2.11 bits per heavy atom. The fourth-order valence-electron chi connectivity index (χ4n) is 2.33. The van der Waals surface area contributed by atoms with Gasteiger partial charge in [-0.25, -0.2) is 0 Å². The van der Waals surface area contributed by atoms with Crippen LogP contribution in [0.25, 0.3) is 0 Å². The fourth-order valence-corrected chi connectivity index (χ4v) is 2.33. The second-order valence-corrected chi connectivity index (χ2v) is 4.82. The Bertz CT molecular complexity index is 382. The van der Waals surface area contributed by atoms with E-state index >= 15 is 0 Å². The van der Waals surface area contributed by atoms with Gasteiger partial charge in [-0.05, 0) is 12.8 Å². The molecule has 1 aliphatic carbocycles. The lowest BCUT2D eigenvalue weighted by atomic mass is 10.1. The summed E-state index contributed by atoms with van der Waals surface area (Å²) in [5.74, 6) is -0.120. The van der Waals surface area contributed by atoms with Crippen LogP contribution in [0.15, 0.2) is 6.20 Å². The Balaban J connectivity index is 1.89. The van der Waals surface area contributed by atoms with Crippen molar-refractivity contribution in [3.63, 3.8) is 0 Å². The zero-order chi connectivity index (χ0) is 12.8. The summed E-state index contributed by atoms with van der Waals surface area (Å²) in [6, 6.07) is 0.291. The molecule has 100 valence electrons. The Morgan fingerprint density at radius 1 is 1.39 bits per heavy atom. The molecule has 0 radical (unpaired) electrons. The Labute approximate surface area is 107 Å². The van der Waals surface area contributed by atoms with Gasteiger partial charge in [0.1, 0.15) is 0 Å². The molecule has 0 saturated heterocycles. The summed E-state index contributed by atoms with van der Waals surface area (Å²) in [5.41, 5.74) is 5.81. The number of rotatable bonds is 4.